The minimum atomic E-state index is -0.378. The molecule has 1 aliphatic heterocycles. The quantitative estimate of drug-likeness (QED) is 0.366. The molecule has 1 aromatic rings. The Bertz CT molecular complexity index is 726. The lowest BCUT2D eigenvalue weighted by Gasteiger charge is -2.34. The number of hydrogen-bond acceptors (Lipinski definition) is 3. The van der Waals surface area contributed by atoms with Gasteiger partial charge in [0.15, 0.2) is 0 Å². The van der Waals surface area contributed by atoms with Crippen molar-refractivity contribution < 1.29 is 9.53 Å². The highest BCUT2D eigenvalue weighted by Crippen LogP contribution is 2.24. The second kappa shape index (κ2) is 12.7. The molecule has 4 heteroatoms. The lowest BCUT2D eigenvalue weighted by atomic mass is 9.86. The van der Waals surface area contributed by atoms with Crippen LogP contribution in [0.1, 0.15) is 65.4 Å². The minimum absolute atomic E-state index is 0.168. The monoisotopic (exact) mass is 426 g/mol. The second-order valence-corrected chi connectivity index (χ2v) is 9.36. The highest BCUT2D eigenvalue weighted by atomic mass is 16.5. The van der Waals surface area contributed by atoms with Crippen LogP contribution in [0.15, 0.2) is 48.1 Å². The zero-order valence-electron chi connectivity index (χ0n) is 20.2. The van der Waals surface area contributed by atoms with Crippen molar-refractivity contribution >= 4 is 5.91 Å². The van der Waals surface area contributed by atoms with Gasteiger partial charge in [-0.25, -0.2) is 0 Å². The number of rotatable bonds is 11. The maximum absolute atomic E-state index is 12.9. The van der Waals surface area contributed by atoms with Crippen LogP contribution in [0.25, 0.3) is 0 Å². The molecule has 0 bridgehead atoms. The van der Waals surface area contributed by atoms with Crippen molar-refractivity contribution in [2.24, 2.45) is 5.41 Å². The molecular weight excluding hydrogens is 384 g/mol. The average Bonchev–Trinajstić information content (AvgIpc) is 2.74. The van der Waals surface area contributed by atoms with Crippen LogP contribution < -0.4 is 10.1 Å². The van der Waals surface area contributed by atoms with E-state index in [4.69, 9.17) is 4.74 Å². The molecule has 4 nitrogen and oxygen atoms in total. The average molecular weight is 427 g/mol. The second-order valence-electron chi connectivity index (χ2n) is 9.36. The van der Waals surface area contributed by atoms with E-state index in [1.54, 1.807) is 0 Å². The van der Waals surface area contributed by atoms with Crippen LogP contribution in [-0.2, 0) is 4.79 Å². The molecule has 1 amide bonds. The number of aryl methyl sites for hydroxylation is 1. The molecule has 0 spiro atoms. The van der Waals surface area contributed by atoms with Crippen molar-refractivity contribution in [3.8, 4) is 5.75 Å². The fourth-order valence-corrected chi connectivity index (χ4v) is 3.99. The van der Waals surface area contributed by atoms with Crippen molar-refractivity contribution in [3.05, 3.63) is 53.6 Å². The highest BCUT2D eigenvalue weighted by Gasteiger charge is 2.30. The van der Waals surface area contributed by atoms with Gasteiger partial charge < -0.3 is 10.1 Å². The van der Waals surface area contributed by atoms with Gasteiger partial charge in [-0.15, -0.1) is 0 Å². The normalized spacial score (nSPS) is 16.6. The number of allylic oxidation sites excluding steroid dienone is 2. The van der Waals surface area contributed by atoms with Crippen LogP contribution in [0.2, 0.25) is 0 Å². The van der Waals surface area contributed by atoms with Crippen LogP contribution >= 0.6 is 0 Å². The van der Waals surface area contributed by atoms with E-state index in [1.807, 2.05) is 26.0 Å². The maximum Gasteiger partial charge on any atom is 0.225 e. The molecule has 0 unspecified atom stereocenters. The van der Waals surface area contributed by atoms with Gasteiger partial charge in [0, 0.05) is 31.1 Å². The van der Waals surface area contributed by atoms with Crippen LogP contribution in [0.3, 0.4) is 0 Å². The van der Waals surface area contributed by atoms with Gasteiger partial charge in [0.2, 0.25) is 5.91 Å². The first-order valence-electron chi connectivity index (χ1n) is 11.9. The van der Waals surface area contributed by atoms with Crippen molar-refractivity contribution in [3.63, 3.8) is 0 Å². The summed E-state index contributed by atoms with van der Waals surface area (Å²) in [5.74, 6) is 1.06. The number of piperidine rings is 1. The first kappa shape index (κ1) is 25.2. The van der Waals surface area contributed by atoms with Gasteiger partial charge in [0.05, 0.1) is 6.61 Å². The van der Waals surface area contributed by atoms with Gasteiger partial charge in [0.25, 0.3) is 0 Å². The van der Waals surface area contributed by atoms with Gasteiger partial charge in [-0.3, -0.25) is 9.69 Å². The van der Waals surface area contributed by atoms with Crippen molar-refractivity contribution in [1.82, 2.24) is 10.2 Å². The van der Waals surface area contributed by atoms with E-state index in [0.717, 1.165) is 57.5 Å². The van der Waals surface area contributed by atoms with E-state index in [1.165, 1.54) is 11.1 Å². The largest absolute Gasteiger partial charge is 0.494 e. The molecular formula is C27H42N2O2. The molecule has 31 heavy (non-hydrogen) atoms. The van der Waals surface area contributed by atoms with Crippen molar-refractivity contribution in [1.29, 1.82) is 0 Å². The Morgan fingerprint density at radius 2 is 1.90 bits per heavy atom. The Morgan fingerprint density at radius 1 is 1.23 bits per heavy atom. The number of carbonyl (C=O) groups excluding carboxylic acids is 1. The summed E-state index contributed by atoms with van der Waals surface area (Å²) < 4.78 is 5.82. The third kappa shape index (κ3) is 8.90. The van der Waals surface area contributed by atoms with E-state index < -0.39 is 0 Å². The van der Waals surface area contributed by atoms with Gasteiger partial charge >= 0.3 is 0 Å². The van der Waals surface area contributed by atoms with Gasteiger partial charge in [-0.05, 0) is 63.7 Å². The first-order valence-corrected chi connectivity index (χ1v) is 11.9. The number of ether oxygens (including phenoxy) is 1. The number of hydrogen-bond donors (Lipinski definition) is 1. The van der Waals surface area contributed by atoms with Gasteiger partial charge in [0.1, 0.15) is 5.75 Å². The third-order valence-corrected chi connectivity index (χ3v) is 6.03. The van der Waals surface area contributed by atoms with E-state index in [2.05, 4.69) is 61.3 Å². The van der Waals surface area contributed by atoms with Crippen LogP contribution in [0.5, 0.6) is 5.75 Å². The van der Waals surface area contributed by atoms with Gasteiger partial charge in [-0.1, -0.05) is 56.7 Å². The number of likely N-dealkylation sites (tertiary alicyclic amines) is 1. The minimum Gasteiger partial charge on any atom is -0.494 e. The van der Waals surface area contributed by atoms with Crippen LogP contribution in [-0.4, -0.2) is 43.1 Å². The number of amides is 1. The topological polar surface area (TPSA) is 41.6 Å². The molecule has 0 aliphatic carbocycles. The Kier molecular flexibility index (Phi) is 10.3. The summed E-state index contributed by atoms with van der Waals surface area (Å²) in [5.41, 5.74) is 2.24. The number of carbonyl (C=O) groups is 1. The predicted molar refractivity (Wildman–Crippen MR) is 130 cm³/mol. The van der Waals surface area contributed by atoms with Crippen LogP contribution in [0.4, 0.5) is 0 Å². The molecule has 1 aliphatic rings. The summed E-state index contributed by atoms with van der Waals surface area (Å²) in [4.78, 5) is 15.4. The molecule has 2 rings (SSSR count). The molecule has 1 heterocycles. The fraction of sp³-hybridized carbons (Fsp3) is 0.593. The maximum atomic E-state index is 12.9. The lowest BCUT2D eigenvalue weighted by Crippen LogP contribution is -2.48. The molecule has 1 N–H and O–H groups in total. The molecule has 172 valence electrons. The van der Waals surface area contributed by atoms with Crippen molar-refractivity contribution in [2.45, 2.75) is 72.8 Å². The third-order valence-electron chi connectivity index (χ3n) is 6.03. The number of benzene rings is 1. The fourth-order valence-electron chi connectivity index (χ4n) is 3.99. The van der Waals surface area contributed by atoms with E-state index in [9.17, 15) is 4.79 Å². The van der Waals surface area contributed by atoms with Gasteiger partial charge in [-0.2, -0.15) is 0 Å². The molecule has 1 saturated heterocycles. The molecule has 0 atom stereocenters. The summed E-state index contributed by atoms with van der Waals surface area (Å²) in [6, 6.07) is 8.39. The molecule has 1 fully saturated rings. The molecule has 0 radical (unpaired) electrons. The summed E-state index contributed by atoms with van der Waals surface area (Å²) >= 11 is 0. The Labute approximate surface area is 189 Å². The predicted octanol–water partition coefficient (Wildman–Crippen LogP) is 5.67. The van der Waals surface area contributed by atoms with Crippen molar-refractivity contribution in [2.75, 3.05) is 26.2 Å². The van der Waals surface area contributed by atoms with Crippen LogP contribution in [0, 0.1) is 12.3 Å². The SMILES string of the molecule is C/C=C\C(=C/CC)CN1CCC(NC(=O)C(C)(C)CCCOc2ccc(C)cc2)CC1. The number of nitrogens with one attached hydrogen (secondary N) is 1. The summed E-state index contributed by atoms with van der Waals surface area (Å²) in [7, 11) is 0. The summed E-state index contributed by atoms with van der Waals surface area (Å²) in [5, 5.41) is 3.31. The zero-order chi connectivity index (χ0) is 22.7. The standard InChI is InChI=1S/C27H42N2O2/c1-6-9-23(10-7-2)21-29-18-15-24(16-19-29)28-26(30)27(4,5)17-8-20-31-25-13-11-22(3)12-14-25/h6,9-14,24H,7-8,15-21H2,1-5H3,(H,28,30)/b9-6-,23-10+. The zero-order valence-corrected chi connectivity index (χ0v) is 20.2. The number of nitrogens with zero attached hydrogens (tertiary/aromatic N) is 1. The summed E-state index contributed by atoms with van der Waals surface area (Å²) in [6.07, 6.45) is 11.4. The highest BCUT2D eigenvalue weighted by molar-refractivity contribution is 5.82. The lowest BCUT2D eigenvalue weighted by molar-refractivity contribution is -0.130. The molecule has 0 saturated carbocycles. The Morgan fingerprint density at radius 3 is 2.52 bits per heavy atom. The molecule has 1 aromatic carbocycles. The summed E-state index contributed by atoms with van der Waals surface area (Å²) in [6.45, 7) is 14.1. The molecule has 0 aromatic heterocycles. The Hall–Kier alpha value is -2.07. The van der Waals surface area contributed by atoms with E-state index in [-0.39, 0.29) is 17.4 Å². The Balaban J connectivity index is 1.70. The van der Waals surface area contributed by atoms with E-state index in [0.29, 0.717) is 6.61 Å². The first-order chi connectivity index (χ1) is 14.8. The smallest absolute Gasteiger partial charge is 0.225 e. The van der Waals surface area contributed by atoms with E-state index >= 15 is 0 Å².